The van der Waals surface area contributed by atoms with Gasteiger partial charge in [-0.3, -0.25) is 4.79 Å². The topological polar surface area (TPSA) is 29.4 Å². The maximum atomic E-state index is 13.6. The Morgan fingerprint density at radius 3 is 1.93 bits per heavy atom. The zero-order valence-corrected chi connectivity index (χ0v) is 17.2. The van der Waals surface area contributed by atoms with Crippen LogP contribution in [0.1, 0.15) is 31.9 Å². The molecule has 2 aromatic carbocycles. The summed E-state index contributed by atoms with van der Waals surface area (Å²) in [6.45, 7) is 9.62. The van der Waals surface area contributed by atoms with Gasteiger partial charge in [0, 0.05) is 5.56 Å². The highest BCUT2D eigenvalue weighted by Gasteiger charge is 2.46. The van der Waals surface area contributed by atoms with E-state index in [1.54, 1.807) is 30.3 Å². The van der Waals surface area contributed by atoms with Crippen LogP contribution in [0.15, 0.2) is 59.6 Å². The van der Waals surface area contributed by atoms with Gasteiger partial charge in [-0.2, -0.15) is 13.2 Å². The summed E-state index contributed by atoms with van der Waals surface area (Å²) in [5, 5.41) is -0.607. The van der Waals surface area contributed by atoms with E-state index in [-0.39, 0.29) is 21.7 Å². The zero-order valence-electron chi connectivity index (χ0n) is 16.2. The number of nitrogens with zero attached hydrogens (tertiary/aromatic N) is 1. The molecule has 0 bridgehead atoms. The lowest BCUT2D eigenvalue weighted by Crippen LogP contribution is -2.50. The van der Waals surface area contributed by atoms with Crippen LogP contribution >= 0.6 is 0 Å². The van der Waals surface area contributed by atoms with Gasteiger partial charge in [-0.1, -0.05) is 70.3 Å². The smallest absolute Gasteiger partial charge is 0.298 e. The summed E-state index contributed by atoms with van der Waals surface area (Å²) in [4.78, 5) is 17.8. The molecule has 0 radical (unpaired) electrons. The Bertz CT molecular complexity index is 850. The molecule has 0 aliphatic rings. The first-order valence-corrected chi connectivity index (χ1v) is 11.7. The molecular formula is C21H24F3NOSi. The molecule has 0 aliphatic carbocycles. The summed E-state index contributed by atoms with van der Waals surface area (Å²) in [6.07, 6.45) is -4.57. The summed E-state index contributed by atoms with van der Waals surface area (Å²) in [5.74, 6) is 0. The van der Waals surface area contributed by atoms with Gasteiger partial charge in [-0.05, 0) is 23.2 Å². The average molecular weight is 392 g/mol. The monoisotopic (exact) mass is 391 g/mol. The predicted molar refractivity (Wildman–Crippen MR) is 106 cm³/mol. The van der Waals surface area contributed by atoms with E-state index in [9.17, 15) is 18.0 Å². The first-order valence-electron chi connectivity index (χ1n) is 8.71. The first-order chi connectivity index (χ1) is 12.4. The van der Waals surface area contributed by atoms with E-state index in [0.29, 0.717) is 5.69 Å². The number of halogens is 3. The fraction of sp³-hybridized carbons (Fsp3) is 0.333. The lowest BCUT2D eigenvalue weighted by atomic mass is 10.0. The molecule has 144 valence electrons. The summed E-state index contributed by atoms with van der Waals surface area (Å²) in [5.41, 5.74) is -0.660. The van der Waals surface area contributed by atoms with E-state index in [1.165, 1.54) is 18.2 Å². The molecule has 0 N–H and O–H groups in total. The fourth-order valence-electron chi connectivity index (χ4n) is 2.44. The summed E-state index contributed by atoms with van der Waals surface area (Å²) < 4.78 is 40.8. The molecule has 2 rings (SSSR count). The van der Waals surface area contributed by atoms with Crippen molar-refractivity contribution in [1.82, 2.24) is 0 Å². The molecule has 2 aromatic rings. The molecule has 0 heterocycles. The summed E-state index contributed by atoms with van der Waals surface area (Å²) in [6, 6.07) is 13.8. The number of benzene rings is 2. The van der Waals surface area contributed by atoms with E-state index in [1.807, 2.05) is 33.9 Å². The molecule has 2 nitrogen and oxygen atoms in total. The third-order valence-electron chi connectivity index (χ3n) is 5.14. The third-order valence-corrected chi connectivity index (χ3v) is 10.3. The normalized spacial score (nSPS) is 13.6. The van der Waals surface area contributed by atoms with Crippen molar-refractivity contribution in [1.29, 1.82) is 0 Å². The lowest BCUT2D eigenvalue weighted by molar-refractivity contribution is -0.137. The van der Waals surface area contributed by atoms with Crippen molar-refractivity contribution in [2.24, 2.45) is 4.99 Å². The van der Waals surface area contributed by atoms with Gasteiger partial charge in [0.15, 0.2) is 5.41 Å². The number of aliphatic imine (C=N–C) groups is 1. The molecule has 0 fully saturated rings. The van der Waals surface area contributed by atoms with Crippen LogP contribution in [-0.4, -0.2) is 19.2 Å². The Morgan fingerprint density at radius 1 is 0.889 bits per heavy atom. The second-order valence-corrected chi connectivity index (χ2v) is 13.2. The molecule has 0 amide bonds. The number of carbonyl (C=O) groups is 1. The largest absolute Gasteiger partial charge is 0.417 e. The van der Waals surface area contributed by atoms with E-state index in [2.05, 4.69) is 4.99 Å². The van der Waals surface area contributed by atoms with Gasteiger partial charge in [0.2, 0.25) is 0 Å². The molecule has 0 spiro atoms. The SMILES string of the molecule is CC(C)(C)[Si](C)(C)C(=O)C(=Nc1ccccc1)c1ccccc1C(F)(F)F. The predicted octanol–water partition coefficient (Wildman–Crippen LogP) is 6.44. The molecular weight excluding hydrogens is 367 g/mol. The highest BCUT2D eigenvalue weighted by Crippen LogP contribution is 2.39. The van der Waals surface area contributed by atoms with Crippen molar-refractivity contribution in [3.05, 3.63) is 65.7 Å². The van der Waals surface area contributed by atoms with Crippen molar-refractivity contribution in [3.8, 4) is 0 Å². The minimum absolute atomic E-state index is 0.110. The lowest BCUT2D eigenvalue weighted by Gasteiger charge is -2.35. The van der Waals surface area contributed by atoms with Crippen LogP contribution in [0, 0.1) is 0 Å². The summed E-state index contributed by atoms with van der Waals surface area (Å²) >= 11 is 0. The number of carbonyl (C=O) groups excluding carboxylic acids is 1. The van der Waals surface area contributed by atoms with Crippen molar-refractivity contribution >= 4 is 24.9 Å². The van der Waals surface area contributed by atoms with Gasteiger partial charge in [-0.15, -0.1) is 0 Å². The van der Waals surface area contributed by atoms with Crippen molar-refractivity contribution in [2.75, 3.05) is 0 Å². The van der Waals surface area contributed by atoms with Gasteiger partial charge in [0.25, 0.3) is 0 Å². The number of hydrogen-bond acceptors (Lipinski definition) is 2. The van der Waals surface area contributed by atoms with Crippen molar-refractivity contribution < 1.29 is 18.0 Å². The van der Waals surface area contributed by atoms with Gasteiger partial charge < -0.3 is 0 Å². The van der Waals surface area contributed by atoms with Gasteiger partial charge in [0.1, 0.15) is 13.8 Å². The van der Waals surface area contributed by atoms with Crippen LogP contribution in [0.2, 0.25) is 18.1 Å². The second-order valence-electron chi connectivity index (χ2n) is 8.04. The van der Waals surface area contributed by atoms with Gasteiger partial charge in [-0.25, -0.2) is 4.99 Å². The number of hydrogen-bond donors (Lipinski definition) is 0. The Kier molecular flexibility index (Phi) is 5.80. The van der Waals surface area contributed by atoms with E-state index in [4.69, 9.17) is 0 Å². The van der Waals surface area contributed by atoms with Crippen LogP contribution in [0.5, 0.6) is 0 Å². The first kappa shape index (κ1) is 21.1. The van der Waals surface area contributed by atoms with Crippen LogP contribution < -0.4 is 0 Å². The Morgan fingerprint density at radius 2 is 1.41 bits per heavy atom. The van der Waals surface area contributed by atoms with Crippen LogP contribution in [0.4, 0.5) is 18.9 Å². The van der Waals surface area contributed by atoms with Crippen molar-refractivity contribution in [3.63, 3.8) is 0 Å². The minimum Gasteiger partial charge on any atom is -0.298 e. The molecule has 0 aliphatic heterocycles. The molecule has 0 atom stereocenters. The quantitative estimate of drug-likeness (QED) is 0.435. The van der Waals surface area contributed by atoms with Crippen LogP contribution in [-0.2, 0) is 11.0 Å². The third kappa shape index (κ3) is 4.56. The van der Waals surface area contributed by atoms with Crippen LogP contribution in [0.3, 0.4) is 0 Å². The average Bonchev–Trinajstić information content (AvgIpc) is 2.58. The summed E-state index contributed by atoms with van der Waals surface area (Å²) in [7, 11) is -2.63. The molecule has 27 heavy (non-hydrogen) atoms. The minimum atomic E-state index is -4.57. The number of para-hydroxylation sites is 1. The molecule has 0 saturated carbocycles. The number of rotatable bonds is 4. The number of alkyl halides is 3. The van der Waals surface area contributed by atoms with Gasteiger partial charge >= 0.3 is 6.18 Å². The Balaban J connectivity index is 2.75. The van der Waals surface area contributed by atoms with E-state index in [0.717, 1.165) is 6.07 Å². The fourth-order valence-corrected chi connectivity index (χ4v) is 3.90. The molecule has 0 aromatic heterocycles. The molecule has 0 unspecified atom stereocenters. The molecule has 6 heteroatoms. The highest BCUT2D eigenvalue weighted by molar-refractivity contribution is 7.15. The Hall–Kier alpha value is -2.21. The Labute approximate surface area is 159 Å². The van der Waals surface area contributed by atoms with E-state index < -0.39 is 19.8 Å². The zero-order chi connectivity index (χ0) is 20.5. The van der Waals surface area contributed by atoms with Gasteiger partial charge in [0.05, 0.1) is 11.3 Å². The molecule has 0 saturated heterocycles. The van der Waals surface area contributed by atoms with E-state index >= 15 is 0 Å². The maximum Gasteiger partial charge on any atom is 0.417 e. The highest BCUT2D eigenvalue weighted by atomic mass is 28.3. The maximum absolute atomic E-state index is 13.6. The standard InChI is InChI=1S/C21H24F3NOSi/c1-20(2,3)27(4,5)19(26)18(25-15-11-7-6-8-12-15)16-13-9-10-14-17(16)21(22,23)24/h6-14H,1-5H3. The van der Waals surface area contributed by atoms with Crippen LogP contribution in [0.25, 0.3) is 0 Å². The second kappa shape index (κ2) is 7.42. The van der Waals surface area contributed by atoms with Crippen molar-refractivity contribution in [2.45, 2.75) is 45.1 Å².